The molecule has 5 nitrogen and oxygen atoms in total. The third-order valence-corrected chi connectivity index (χ3v) is 1.94. The van der Waals surface area contributed by atoms with Crippen LogP contribution in [0.3, 0.4) is 0 Å². The lowest BCUT2D eigenvalue weighted by atomic mass is 10.2. The van der Waals surface area contributed by atoms with Crippen molar-refractivity contribution in [3.8, 4) is 0 Å². The van der Waals surface area contributed by atoms with Gasteiger partial charge in [0.2, 0.25) is 0 Å². The normalized spacial score (nSPS) is 10.5. The van der Waals surface area contributed by atoms with Crippen LogP contribution < -0.4 is 5.76 Å². The molecule has 2 aromatic rings. The number of aromatic amines is 1. The maximum absolute atomic E-state index is 13.3. The Hall–Kier alpha value is -2.11. The van der Waals surface area contributed by atoms with Gasteiger partial charge in [0.05, 0.1) is 7.11 Å². The Kier molecular flexibility index (Phi) is 2.03. The fourth-order valence-corrected chi connectivity index (χ4v) is 1.30. The van der Waals surface area contributed by atoms with Gasteiger partial charge in [0, 0.05) is 0 Å². The number of hydrogen-bond donors (Lipinski definition) is 1. The van der Waals surface area contributed by atoms with E-state index in [4.69, 9.17) is 0 Å². The third kappa shape index (κ3) is 1.39. The summed E-state index contributed by atoms with van der Waals surface area (Å²) in [7, 11) is 1.12. The summed E-state index contributed by atoms with van der Waals surface area (Å²) in [5, 5.41) is 0. The first-order valence-corrected chi connectivity index (χ1v) is 4.03. The monoisotopic (exact) mass is 211 g/mol. The van der Waals surface area contributed by atoms with Crippen LogP contribution in [0.1, 0.15) is 10.4 Å². The van der Waals surface area contributed by atoms with Crippen molar-refractivity contribution in [2.75, 3.05) is 7.11 Å². The fourth-order valence-electron chi connectivity index (χ4n) is 1.30. The van der Waals surface area contributed by atoms with E-state index in [0.717, 1.165) is 13.2 Å². The summed E-state index contributed by atoms with van der Waals surface area (Å²) in [4.78, 5) is 24.3. The van der Waals surface area contributed by atoms with Gasteiger partial charge in [0.1, 0.15) is 16.9 Å². The summed E-state index contributed by atoms with van der Waals surface area (Å²) < 4.78 is 22.4. The van der Waals surface area contributed by atoms with Crippen LogP contribution in [0, 0.1) is 5.82 Å². The number of carbonyl (C=O) groups is 1. The molecule has 0 aliphatic heterocycles. The van der Waals surface area contributed by atoms with E-state index in [9.17, 15) is 14.0 Å². The van der Waals surface area contributed by atoms with E-state index in [1.54, 1.807) is 0 Å². The van der Waals surface area contributed by atoms with Gasteiger partial charge in [-0.1, -0.05) is 0 Å². The highest BCUT2D eigenvalue weighted by Crippen LogP contribution is 2.19. The molecule has 0 fully saturated rings. The maximum atomic E-state index is 13.3. The molecule has 0 aliphatic carbocycles. The minimum Gasteiger partial charge on any atom is -0.465 e. The predicted octanol–water partition coefficient (Wildman–Crippen LogP) is 1.05. The van der Waals surface area contributed by atoms with E-state index in [2.05, 4.69) is 14.1 Å². The second kappa shape index (κ2) is 3.23. The molecule has 0 amide bonds. The number of H-pyrrole nitrogens is 1. The molecule has 0 atom stereocenters. The van der Waals surface area contributed by atoms with E-state index in [-0.39, 0.29) is 16.7 Å². The van der Waals surface area contributed by atoms with E-state index >= 15 is 0 Å². The molecule has 1 aromatic carbocycles. The van der Waals surface area contributed by atoms with Crippen LogP contribution in [0.15, 0.2) is 21.3 Å². The van der Waals surface area contributed by atoms with Gasteiger partial charge in [-0.15, -0.1) is 0 Å². The molecule has 0 spiro atoms. The first kappa shape index (κ1) is 9.45. The van der Waals surface area contributed by atoms with Gasteiger partial charge < -0.3 is 9.15 Å². The summed E-state index contributed by atoms with van der Waals surface area (Å²) in [6, 6.07) is 2.29. The number of rotatable bonds is 1. The second-order valence-electron chi connectivity index (χ2n) is 2.80. The van der Waals surface area contributed by atoms with E-state index < -0.39 is 17.5 Å². The largest absolute Gasteiger partial charge is 0.465 e. The van der Waals surface area contributed by atoms with Crippen LogP contribution in [-0.4, -0.2) is 18.1 Å². The topological polar surface area (TPSA) is 72.3 Å². The van der Waals surface area contributed by atoms with Gasteiger partial charge in [0.25, 0.3) is 0 Å². The van der Waals surface area contributed by atoms with Crippen molar-refractivity contribution in [1.29, 1.82) is 0 Å². The molecular weight excluding hydrogens is 205 g/mol. The molecule has 78 valence electrons. The highest BCUT2D eigenvalue weighted by Gasteiger charge is 2.19. The molecule has 0 aliphatic rings. The van der Waals surface area contributed by atoms with Crippen molar-refractivity contribution in [3.63, 3.8) is 0 Å². The number of nitrogens with one attached hydrogen (secondary N) is 1. The first-order chi connectivity index (χ1) is 7.13. The van der Waals surface area contributed by atoms with Gasteiger partial charge in [-0.05, 0) is 12.1 Å². The molecule has 0 unspecified atom stereocenters. The highest BCUT2D eigenvalue weighted by atomic mass is 19.1. The van der Waals surface area contributed by atoms with Crippen molar-refractivity contribution in [2.24, 2.45) is 0 Å². The number of oxazole rings is 1. The standard InChI is InChI=1S/C9H6FNO4/c1-14-8(12)6-4(10)2-3-5-7(6)11-9(13)15-5/h2-3H,1H3,(H,11,13). The zero-order valence-corrected chi connectivity index (χ0v) is 7.67. The minimum absolute atomic E-state index is 0.00634. The van der Waals surface area contributed by atoms with Crippen LogP contribution in [0.4, 0.5) is 4.39 Å². The van der Waals surface area contributed by atoms with Crippen molar-refractivity contribution in [3.05, 3.63) is 34.1 Å². The van der Waals surface area contributed by atoms with E-state index in [1.807, 2.05) is 0 Å². The summed E-state index contributed by atoms with van der Waals surface area (Å²) in [6.45, 7) is 0. The molecule has 1 heterocycles. The summed E-state index contributed by atoms with van der Waals surface area (Å²) in [6.07, 6.45) is 0. The molecule has 1 N–H and O–H groups in total. The van der Waals surface area contributed by atoms with Crippen molar-refractivity contribution in [1.82, 2.24) is 4.98 Å². The zero-order chi connectivity index (χ0) is 11.0. The summed E-state index contributed by atoms with van der Waals surface area (Å²) in [5.41, 5.74) is -0.213. The van der Waals surface area contributed by atoms with Crippen LogP contribution in [0.2, 0.25) is 0 Å². The Morgan fingerprint density at radius 2 is 2.27 bits per heavy atom. The van der Waals surface area contributed by atoms with Crippen LogP contribution in [0.25, 0.3) is 11.1 Å². The molecule has 0 saturated heterocycles. The smallest absolute Gasteiger partial charge is 0.417 e. The Labute approximate surface area is 82.5 Å². The Balaban J connectivity index is 2.84. The SMILES string of the molecule is COC(=O)c1c(F)ccc2oc(=O)[nH]c12. The van der Waals surface area contributed by atoms with Crippen molar-refractivity contribution in [2.45, 2.75) is 0 Å². The number of carbonyl (C=O) groups excluding carboxylic acids is 1. The highest BCUT2D eigenvalue weighted by molar-refractivity contribution is 6.01. The number of ether oxygens (including phenoxy) is 1. The Bertz CT molecular complexity index is 583. The molecule has 1 aromatic heterocycles. The number of aromatic nitrogens is 1. The van der Waals surface area contributed by atoms with Gasteiger partial charge >= 0.3 is 11.7 Å². The van der Waals surface area contributed by atoms with Gasteiger partial charge in [0.15, 0.2) is 5.58 Å². The first-order valence-electron chi connectivity index (χ1n) is 4.03. The quantitative estimate of drug-likeness (QED) is 0.715. The summed E-state index contributed by atoms with van der Waals surface area (Å²) >= 11 is 0. The van der Waals surface area contributed by atoms with Crippen LogP contribution in [-0.2, 0) is 4.74 Å². The molecule has 0 bridgehead atoms. The van der Waals surface area contributed by atoms with Crippen LogP contribution in [0.5, 0.6) is 0 Å². The van der Waals surface area contributed by atoms with Crippen molar-refractivity contribution >= 4 is 17.1 Å². The third-order valence-electron chi connectivity index (χ3n) is 1.94. The molecule has 15 heavy (non-hydrogen) atoms. The van der Waals surface area contributed by atoms with E-state index in [0.29, 0.717) is 0 Å². The Morgan fingerprint density at radius 1 is 1.53 bits per heavy atom. The molecular formula is C9H6FNO4. The predicted molar refractivity (Wildman–Crippen MR) is 48.1 cm³/mol. The fraction of sp³-hybridized carbons (Fsp3) is 0.111. The zero-order valence-electron chi connectivity index (χ0n) is 7.67. The lowest BCUT2D eigenvalue weighted by molar-refractivity contribution is 0.0597. The maximum Gasteiger partial charge on any atom is 0.417 e. The lowest BCUT2D eigenvalue weighted by Crippen LogP contribution is -2.06. The number of fused-ring (bicyclic) bond motifs is 1. The number of methoxy groups -OCH3 is 1. The minimum atomic E-state index is -0.866. The van der Waals surface area contributed by atoms with Gasteiger partial charge in [-0.25, -0.2) is 14.0 Å². The number of benzene rings is 1. The molecule has 0 radical (unpaired) electrons. The number of halogens is 1. The summed E-state index contributed by atoms with van der Waals surface area (Å²) in [5.74, 6) is -2.39. The van der Waals surface area contributed by atoms with Gasteiger partial charge in [-0.3, -0.25) is 4.98 Å². The number of esters is 1. The second-order valence-corrected chi connectivity index (χ2v) is 2.80. The lowest BCUT2D eigenvalue weighted by Gasteiger charge is -2.00. The average Bonchev–Trinajstić information content (AvgIpc) is 2.57. The van der Waals surface area contributed by atoms with E-state index in [1.165, 1.54) is 6.07 Å². The molecule has 2 rings (SSSR count). The molecule has 0 saturated carbocycles. The Morgan fingerprint density at radius 3 is 2.93 bits per heavy atom. The van der Waals surface area contributed by atoms with Crippen molar-refractivity contribution < 1.29 is 18.3 Å². The molecule has 6 heteroatoms. The number of hydrogen-bond acceptors (Lipinski definition) is 4. The van der Waals surface area contributed by atoms with Crippen LogP contribution >= 0.6 is 0 Å². The van der Waals surface area contributed by atoms with Gasteiger partial charge in [-0.2, -0.15) is 0 Å². The average molecular weight is 211 g/mol.